The van der Waals surface area contributed by atoms with Gasteiger partial charge in [-0.15, -0.1) is 0 Å². The van der Waals surface area contributed by atoms with Crippen molar-refractivity contribution in [3.63, 3.8) is 0 Å². The van der Waals surface area contributed by atoms with Gasteiger partial charge in [0.1, 0.15) is 0 Å². The van der Waals surface area contributed by atoms with E-state index < -0.39 is 0 Å². The van der Waals surface area contributed by atoms with Crippen LogP contribution in [0.5, 0.6) is 0 Å². The first kappa shape index (κ1) is 20.6. The molecule has 0 aromatic carbocycles. The second-order valence-electron chi connectivity index (χ2n) is 13.5. The van der Waals surface area contributed by atoms with Gasteiger partial charge in [0.05, 0.1) is 6.10 Å². The van der Waals surface area contributed by atoms with Crippen LogP contribution in [0.3, 0.4) is 0 Å². The molecule has 3 saturated carbocycles. The third-order valence-electron chi connectivity index (χ3n) is 11.8. The fourth-order valence-electron chi connectivity index (χ4n) is 9.86. The molecule has 5 aliphatic carbocycles. The molecule has 0 aromatic heterocycles. The number of fused-ring (bicyclic) bond motifs is 4. The van der Waals surface area contributed by atoms with Crippen LogP contribution in [-0.2, 0) is 0 Å². The second-order valence-corrected chi connectivity index (χ2v) is 13.5. The van der Waals surface area contributed by atoms with Crippen molar-refractivity contribution in [3.05, 3.63) is 11.1 Å². The average molecular weight is 399 g/mol. The Kier molecular flexibility index (Phi) is 4.52. The van der Waals surface area contributed by atoms with Crippen molar-refractivity contribution in [3.8, 4) is 0 Å². The predicted molar refractivity (Wildman–Crippen MR) is 122 cm³/mol. The number of hydrogen-bond donors (Lipinski definition) is 1. The number of rotatable bonds is 3. The third-order valence-corrected chi connectivity index (χ3v) is 11.8. The van der Waals surface area contributed by atoms with E-state index in [0.29, 0.717) is 27.6 Å². The first-order chi connectivity index (χ1) is 13.5. The van der Waals surface area contributed by atoms with E-state index in [1.54, 1.807) is 0 Å². The minimum absolute atomic E-state index is 0.0172. The zero-order chi connectivity index (χ0) is 20.8. The Bertz CT molecular complexity index is 718. The first-order valence-electron chi connectivity index (χ1n) is 12.9. The normalized spacial score (nSPS) is 51.8. The Morgan fingerprint density at radius 3 is 2.34 bits per heavy atom. The molecule has 5 rings (SSSR count). The summed E-state index contributed by atoms with van der Waals surface area (Å²) >= 11 is 0. The largest absolute Gasteiger partial charge is 0.393 e. The SMILES string of the molecule is C[C@H](CC1CC1O)C1CCC2(C)C3=C(CCC12C)C1(C)CCCC(C)(C)C1CC3. The zero-order valence-corrected chi connectivity index (χ0v) is 20.1. The Hall–Kier alpha value is -0.300. The maximum atomic E-state index is 9.89. The van der Waals surface area contributed by atoms with Crippen molar-refractivity contribution < 1.29 is 5.11 Å². The van der Waals surface area contributed by atoms with Gasteiger partial charge in [-0.05, 0) is 110 Å². The van der Waals surface area contributed by atoms with Crippen molar-refractivity contribution >= 4 is 0 Å². The van der Waals surface area contributed by atoms with Crippen molar-refractivity contribution in [1.82, 2.24) is 0 Å². The van der Waals surface area contributed by atoms with Gasteiger partial charge in [-0.2, -0.15) is 0 Å². The first-order valence-corrected chi connectivity index (χ1v) is 12.9. The lowest BCUT2D eigenvalue weighted by atomic mass is 9.43. The molecule has 5 aliphatic rings. The standard InChI is InChI=1S/C28H46O/c1-18(16-19-17-23(19)29)20-10-14-28(6)22-8-9-24-25(2,3)12-7-13-26(24,4)21(22)11-15-27(20,28)5/h18-20,23-24,29H,7-17H2,1-6H3/t18-,19?,20?,23?,24?,26?,27?,28?/m1/s1. The molecule has 0 heterocycles. The highest BCUT2D eigenvalue weighted by Crippen LogP contribution is 2.72. The van der Waals surface area contributed by atoms with Crippen LogP contribution < -0.4 is 0 Å². The monoisotopic (exact) mass is 398 g/mol. The van der Waals surface area contributed by atoms with Crippen molar-refractivity contribution in [2.45, 2.75) is 118 Å². The van der Waals surface area contributed by atoms with Crippen LogP contribution in [0, 0.1) is 45.3 Å². The summed E-state index contributed by atoms with van der Waals surface area (Å²) in [6.07, 6.45) is 15.1. The van der Waals surface area contributed by atoms with Gasteiger partial charge in [0, 0.05) is 0 Å². The number of allylic oxidation sites excluding steroid dienone is 2. The summed E-state index contributed by atoms with van der Waals surface area (Å²) < 4.78 is 0. The summed E-state index contributed by atoms with van der Waals surface area (Å²) in [5, 5.41) is 9.89. The third kappa shape index (κ3) is 2.74. The number of aliphatic hydroxyl groups is 1. The van der Waals surface area contributed by atoms with Crippen LogP contribution in [0.25, 0.3) is 0 Å². The lowest BCUT2D eigenvalue weighted by Gasteiger charge is -2.61. The topological polar surface area (TPSA) is 20.2 Å². The zero-order valence-electron chi connectivity index (χ0n) is 20.1. The summed E-state index contributed by atoms with van der Waals surface area (Å²) in [6.45, 7) is 15.7. The van der Waals surface area contributed by atoms with Gasteiger partial charge in [-0.25, -0.2) is 0 Å². The van der Waals surface area contributed by atoms with Gasteiger partial charge in [0.15, 0.2) is 0 Å². The molecule has 1 N–H and O–H groups in total. The molecule has 8 atom stereocenters. The van der Waals surface area contributed by atoms with Crippen molar-refractivity contribution in [1.29, 1.82) is 0 Å². The lowest BCUT2D eigenvalue weighted by molar-refractivity contribution is -0.0204. The van der Waals surface area contributed by atoms with E-state index in [2.05, 4.69) is 41.5 Å². The molecule has 29 heavy (non-hydrogen) atoms. The minimum atomic E-state index is 0.0172. The highest BCUT2D eigenvalue weighted by molar-refractivity contribution is 5.38. The molecule has 1 nitrogen and oxygen atoms in total. The second kappa shape index (κ2) is 6.36. The molecule has 0 bridgehead atoms. The summed E-state index contributed by atoms with van der Waals surface area (Å²) in [4.78, 5) is 0. The molecular formula is C28H46O. The predicted octanol–water partition coefficient (Wildman–Crippen LogP) is 7.53. The van der Waals surface area contributed by atoms with Gasteiger partial charge in [-0.3, -0.25) is 0 Å². The number of hydrogen-bond acceptors (Lipinski definition) is 1. The van der Waals surface area contributed by atoms with Crippen LogP contribution in [0.2, 0.25) is 0 Å². The van der Waals surface area contributed by atoms with E-state index >= 15 is 0 Å². The minimum Gasteiger partial charge on any atom is -0.393 e. The van der Waals surface area contributed by atoms with Crippen LogP contribution in [0.15, 0.2) is 11.1 Å². The lowest BCUT2D eigenvalue weighted by Crippen LogP contribution is -2.51. The quantitative estimate of drug-likeness (QED) is 0.487. The maximum Gasteiger partial charge on any atom is 0.0573 e. The smallest absolute Gasteiger partial charge is 0.0573 e. The molecular weight excluding hydrogens is 352 g/mol. The van der Waals surface area contributed by atoms with E-state index in [4.69, 9.17) is 0 Å². The van der Waals surface area contributed by atoms with Gasteiger partial charge in [0.2, 0.25) is 0 Å². The Labute approximate surface area is 180 Å². The molecule has 0 aromatic rings. The molecule has 0 amide bonds. The summed E-state index contributed by atoms with van der Waals surface area (Å²) in [7, 11) is 0. The van der Waals surface area contributed by atoms with Gasteiger partial charge in [0.25, 0.3) is 0 Å². The van der Waals surface area contributed by atoms with Crippen LogP contribution in [0.4, 0.5) is 0 Å². The van der Waals surface area contributed by atoms with Gasteiger partial charge < -0.3 is 5.11 Å². The van der Waals surface area contributed by atoms with E-state index in [9.17, 15) is 5.11 Å². The molecule has 0 saturated heterocycles. The summed E-state index contributed by atoms with van der Waals surface area (Å²) in [5.74, 6) is 3.12. The fourth-order valence-corrected chi connectivity index (χ4v) is 9.86. The van der Waals surface area contributed by atoms with E-state index in [-0.39, 0.29) is 6.10 Å². The fraction of sp³-hybridized carbons (Fsp3) is 0.929. The van der Waals surface area contributed by atoms with E-state index in [1.807, 2.05) is 11.1 Å². The summed E-state index contributed by atoms with van der Waals surface area (Å²) in [6, 6.07) is 0. The van der Waals surface area contributed by atoms with E-state index in [0.717, 1.165) is 24.2 Å². The Morgan fingerprint density at radius 2 is 1.66 bits per heavy atom. The van der Waals surface area contributed by atoms with E-state index in [1.165, 1.54) is 64.2 Å². The van der Waals surface area contributed by atoms with Crippen LogP contribution in [0.1, 0.15) is 112 Å². The Balaban J connectivity index is 1.48. The number of aliphatic hydroxyl groups excluding tert-OH is 1. The van der Waals surface area contributed by atoms with Crippen LogP contribution in [-0.4, -0.2) is 11.2 Å². The van der Waals surface area contributed by atoms with Crippen LogP contribution >= 0.6 is 0 Å². The van der Waals surface area contributed by atoms with Crippen molar-refractivity contribution in [2.24, 2.45) is 45.3 Å². The average Bonchev–Trinajstić information content (AvgIpc) is 3.23. The highest BCUT2D eigenvalue weighted by Gasteiger charge is 2.62. The maximum absolute atomic E-state index is 9.89. The highest BCUT2D eigenvalue weighted by atomic mass is 16.3. The molecule has 1 heteroatoms. The summed E-state index contributed by atoms with van der Waals surface area (Å²) in [5.41, 5.74) is 5.76. The Morgan fingerprint density at radius 1 is 0.931 bits per heavy atom. The molecule has 3 fully saturated rings. The molecule has 0 spiro atoms. The molecule has 0 aliphatic heterocycles. The molecule has 0 radical (unpaired) electrons. The molecule has 164 valence electrons. The van der Waals surface area contributed by atoms with Gasteiger partial charge in [-0.1, -0.05) is 59.1 Å². The molecule has 7 unspecified atom stereocenters. The van der Waals surface area contributed by atoms with Crippen molar-refractivity contribution in [2.75, 3.05) is 0 Å². The van der Waals surface area contributed by atoms with Gasteiger partial charge >= 0.3 is 0 Å².